The Morgan fingerprint density at radius 2 is 1.67 bits per heavy atom. The molecule has 0 bridgehead atoms. The van der Waals surface area contributed by atoms with Gasteiger partial charge in [-0.25, -0.2) is 5.21 Å². The minimum Gasteiger partial charge on any atom is -0.595 e. The summed E-state index contributed by atoms with van der Waals surface area (Å²) in [4.78, 5) is 24.5. The van der Waals surface area contributed by atoms with Crippen LogP contribution in [-0.4, -0.2) is 21.9 Å². The van der Waals surface area contributed by atoms with Crippen molar-refractivity contribution in [3.63, 3.8) is 0 Å². The maximum Gasteiger partial charge on any atom is 0.201 e. The smallest absolute Gasteiger partial charge is 0.201 e. The van der Waals surface area contributed by atoms with Crippen LogP contribution in [-0.2, 0) is 4.79 Å². The summed E-state index contributed by atoms with van der Waals surface area (Å²) >= 11 is 0. The zero-order valence-corrected chi connectivity index (χ0v) is 12.4. The van der Waals surface area contributed by atoms with E-state index in [0.29, 0.717) is 16.7 Å². The SMILES string of the molecule is O=C(C=Cc1ccc([NH+]([O-])O)cc1)C1=C(O)c2ccccc2C1=O. The number of hydrogen-bond acceptors (Lipinski definition) is 5. The Kier molecular flexibility index (Phi) is 4.09. The lowest BCUT2D eigenvalue weighted by Crippen LogP contribution is -2.99. The molecule has 3 rings (SSSR count). The number of allylic oxidation sites excluding steroid dienone is 2. The highest BCUT2D eigenvalue weighted by Crippen LogP contribution is 2.31. The Balaban J connectivity index is 1.83. The molecule has 3 N–H and O–H groups in total. The van der Waals surface area contributed by atoms with Crippen molar-refractivity contribution in [2.24, 2.45) is 0 Å². The van der Waals surface area contributed by atoms with Crippen molar-refractivity contribution >= 4 is 29.1 Å². The van der Waals surface area contributed by atoms with Crippen molar-refractivity contribution < 1.29 is 25.1 Å². The van der Waals surface area contributed by atoms with Gasteiger partial charge in [0.15, 0.2) is 11.5 Å². The summed E-state index contributed by atoms with van der Waals surface area (Å²) in [6.07, 6.45) is 2.65. The molecule has 120 valence electrons. The van der Waals surface area contributed by atoms with Crippen molar-refractivity contribution in [2.75, 3.05) is 0 Å². The predicted molar refractivity (Wildman–Crippen MR) is 86.6 cm³/mol. The number of nitrogens with one attached hydrogen (secondary N) is 1. The quantitative estimate of drug-likeness (QED) is 0.453. The monoisotopic (exact) mass is 323 g/mol. The van der Waals surface area contributed by atoms with E-state index < -0.39 is 16.8 Å². The fourth-order valence-electron chi connectivity index (χ4n) is 2.49. The van der Waals surface area contributed by atoms with Gasteiger partial charge >= 0.3 is 0 Å². The van der Waals surface area contributed by atoms with Crippen LogP contribution in [0.5, 0.6) is 0 Å². The molecule has 6 heteroatoms. The lowest BCUT2D eigenvalue weighted by atomic mass is 10.1. The van der Waals surface area contributed by atoms with Gasteiger partial charge in [-0.05, 0) is 23.8 Å². The molecule has 0 amide bonds. The third kappa shape index (κ3) is 2.77. The Labute approximate surface area is 137 Å². The average Bonchev–Trinajstić information content (AvgIpc) is 2.85. The van der Waals surface area contributed by atoms with Gasteiger partial charge in [-0.3, -0.25) is 9.59 Å². The van der Waals surface area contributed by atoms with E-state index in [1.165, 1.54) is 24.3 Å². The first-order valence-corrected chi connectivity index (χ1v) is 7.12. The van der Waals surface area contributed by atoms with E-state index in [9.17, 15) is 19.9 Å². The van der Waals surface area contributed by atoms with Gasteiger partial charge < -0.3 is 10.3 Å². The van der Waals surface area contributed by atoms with Crippen LogP contribution in [0.25, 0.3) is 11.8 Å². The molecule has 2 aromatic rings. The van der Waals surface area contributed by atoms with E-state index in [0.717, 1.165) is 0 Å². The van der Waals surface area contributed by atoms with Crippen LogP contribution in [0.2, 0.25) is 0 Å². The van der Waals surface area contributed by atoms with E-state index in [-0.39, 0.29) is 17.0 Å². The minimum absolute atomic E-state index is 0.139. The number of carbonyl (C=O) groups excluding carboxylic acids is 2. The predicted octanol–water partition coefficient (Wildman–Crippen LogP) is 1.84. The van der Waals surface area contributed by atoms with E-state index in [2.05, 4.69) is 0 Å². The molecule has 1 aliphatic rings. The Morgan fingerprint density at radius 3 is 2.25 bits per heavy atom. The molecule has 0 spiro atoms. The van der Waals surface area contributed by atoms with Gasteiger partial charge in [-0.15, -0.1) is 0 Å². The van der Waals surface area contributed by atoms with Crippen molar-refractivity contribution in [1.82, 2.24) is 0 Å². The summed E-state index contributed by atoms with van der Waals surface area (Å²) in [6, 6.07) is 12.4. The number of Topliss-reactive ketones (excluding diaryl/α,β-unsaturated/α-hetero) is 1. The number of benzene rings is 2. The summed E-state index contributed by atoms with van der Waals surface area (Å²) in [5.74, 6) is -1.42. The topological polar surface area (TPSA) is 102 Å². The van der Waals surface area contributed by atoms with Gasteiger partial charge in [0.25, 0.3) is 0 Å². The number of quaternary nitrogens is 1. The average molecular weight is 323 g/mol. The number of rotatable bonds is 4. The molecule has 0 heterocycles. The molecule has 1 unspecified atom stereocenters. The Hall–Kier alpha value is -3.06. The lowest BCUT2D eigenvalue weighted by Gasteiger charge is -2.10. The van der Waals surface area contributed by atoms with Gasteiger partial charge in [-0.1, -0.05) is 30.3 Å². The van der Waals surface area contributed by atoms with Crippen LogP contribution in [0.15, 0.2) is 60.2 Å². The number of aliphatic hydroxyl groups excluding tert-OH is 1. The maximum absolute atomic E-state index is 12.3. The first-order valence-electron chi connectivity index (χ1n) is 7.12. The Bertz CT molecular complexity index is 879. The molecular weight excluding hydrogens is 310 g/mol. The summed E-state index contributed by atoms with van der Waals surface area (Å²) in [5.41, 5.74) is 1.15. The first kappa shape index (κ1) is 15.8. The van der Waals surface area contributed by atoms with Crippen LogP contribution >= 0.6 is 0 Å². The second-order valence-electron chi connectivity index (χ2n) is 5.22. The lowest BCUT2D eigenvalue weighted by molar-refractivity contribution is -0.991. The third-order valence-corrected chi connectivity index (χ3v) is 3.72. The van der Waals surface area contributed by atoms with Crippen LogP contribution in [0, 0.1) is 5.21 Å². The van der Waals surface area contributed by atoms with E-state index >= 15 is 0 Å². The van der Waals surface area contributed by atoms with Gasteiger partial charge in [-0.2, -0.15) is 5.23 Å². The molecule has 0 aliphatic heterocycles. The molecule has 1 aliphatic carbocycles. The molecule has 1 atom stereocenters. The van der Waals surface area contributed by atoms with E-state index in [1.807, 2.05) is 0 Å². The molecule has 6 nitrogen and oxygen atoms in total. The molecule has 2 aromatic carbocycles. The molecule has 0 aromatic heterocycles. The molecule has 0 saturated heterocycles. The number of fused-ring (bicyclic) bond motifs is 1. The highest BCUT2D eigenvalue weighted by molar-refractivity contribution is 6.36. The third-order valence-electron chi connectivity index (χ3n) is 3.72. The second-order valence-corrected chi connectivity index (χ2v) is 5.22. The zero-order chi connectivity index (χ0) is 17.3. The highest BCUT2D eigenvalue weighted by Gasteiger charge is 2.32. The molecule has 0 radical (unpaired) electrons. The molecule has 0 saturated carbocycles. The zero-order valence-electron chi connectivity index (χ0n) is 12.4. The number of hydrogen-bond donors (Lipinski definition) is 3. The van der Waals surface area contributed by atoms with Crippen LogP contribution in [0.4, 0.5) is 5.69 Å². The first-order chi connectivity index (χ1) is 11.5. The summed E-state index contributed by atoms with van der Waals surface area (Å²) < 4.78 is 0. The summed E-state index contributed by atoms with van der Waals surface area (Å²) in [6.45, 7) is 0. The number of aliphatic hydroxyl groups is 1. The van der Waals surface area contributed by atoms with Crippen molar-refractivity contribution in [3.05, 3.63) is 82.1 Å². The minimum atomic E-state index is -1.04. The van der Waals surface area contributed by atoms with Crippen LogP contribution in [0.3, 0.4) is 0 Å². The van der Waals surface area contributed by atoms with Gasteiger partial charge in [0.05, 0.1) is 0 Å². The summed E-state index contributed by atoms with van der Waals surface area (Å²) in [7, 11) is 0. The van der Waals surface area contributed by atoms with Crippen molar-refractivity contribution in [3.8, 4) is 0 Å². The highest BCUT2D eigenvalue weighted by atomic mass is 16.8. The van der Waals surface area contributed by atoms with Gasteiger partial charge in [0, 0.05) is 23.3 Å². The van der Waals surface area contributed by atoms with Crippen LogP contribution in [0.1, 0.15) is 21.5 Å². The fourth-order valence-corrected chi connectivity index (χ4v) is 2.49. The second kappa shape index (κ2) is 6.21. The van der Waals surface area contributed by atoms with E-state index in [4.69, 9.17) is 5.21 Å². The largest absolute Gasteiger partial charge is 0.595 e. The molecular formula is C18H13NO5. The normalized spacial score (nSPS) is 15.0. The number of carbonyl (C=O) groups is 2. The van der Waals surface area contributed by atoms with E-state index in [1.54, 1.807) is 36.4 Å². The summed E-state index contributed by atoms with van der Waals surface area (Å²) in [5, 5.41) is 28.7. The van der Waals surface area contributed by atoms with Gasteiger partial charge in [0.2, 0.25) is 5.78 Å². The van der Waals surface area contributed by atoms with Crippen LogP contribution < -0.4 is 5.23 Å². The number of ketones is 2. The molecule has 0 fully saturated rings. The van der Waals surface area contributed by atoms with Crippen molar-refractivity contribution in [2.45, 2.75) is 0 Å². The Morgan fingerprint density at radius 1 is 1.04 bits per heavy atom. The van der Waals surface area contributed by atoms with Crippen molar-refractivity contribution in [1.29, 1.82) is 0 Å². The van der Waals surface area contributed by atoms with Gasteiger partial charge in [0.1, 0.15) is 11.3 Å². The maximum atomic E-state index is 12.3. The molecule has 24 heavy (non-hydrogen) atoms. The fraction of sp³-hybridized carbons (Fsp3) is 0. The standard InChI is InChI=1S/C18H13NO5/c20-15(10-7-11-5-8-12(9-6-11)19(23)24)16-17(21)13-3-1-2-4-14(13)18(16)22/h1-10,19,21,23H.